The van der Waals surface area contributed by atoms with Gasteiger partial charge in [0.2, 0.25) is 0 Å². The first-order valence-corrected chi connectivity index (χ1v) is 7.53. The van der Waals surface area contributed by atoms with Crippen LogP contribution in [-0.2, 0) is 4.74 Å². The predicted octanol–water partition coefficient (Wildman–Crippen LogP) is 3.86. The van der Waals surface area contributed by atoms with Crippen LogP contribution in [0.5, 0.6) is 17.2 Å². The molecule has 5 nitrogen and oxygen atoms in total. The maximum Gasteiger partial charge on any atom is 0.338 e. The summed E-state index contributed by atoms with van der Waals surface area (Å²) in [5, 5.41) is 11.7. The molecule has 0 bridgehead atoms. The number of phenolic OH excluding ortho intramolecular Hbond substituents is 1. The molecule has 0 aromatic heterocycles. The van der Waals surface area contributed by atoms with Gasteiger partial charge in [0.05, 0.1) is 26.4 Å². The fraction of sp³-hybridized carbons (Fsp3) is 0.389. The van der Waals surface area contributed by atoms with E-state index in [1.807, 2.05) is 13.8 Å². The maximum atomic E-state index is 12.0. The number of ether oxygens (including phenoxy) is 3. The van der Waals surface area contributed by atoms with Crippen LogP contribution in [0.3, 0.4) is 0 Å². The molecule has 0 atom stereocenters. The molecule has 0 radical (unpaired) electrons. The van der Waals surface area contributed by atoms with Crippen LogP contribution in [0.2, 0.25) is 0 Å². The van der Waals surface area contributed by atoms with Gasteiger partial charge < -0.3 is 19.3 Å². The molecule has 0 spiro atoms. The second-order valence-electron chi connectivity index (χ2n) is 5.49. The van der Waals surface area contributed by atoms with Crippen LogP contribution in [0.25, 0.3) is 10.8 Å². The minimum Gasteiger partial charge on any atom is -0.507 e. The highest BCUT2D eigenvalue weighted by molar-refractivity contribution is 6.01. The van der Waals surface area contributed by atoms with E-state index in [1.165, 1.54) is 6.07 Å². The fourth-order valence-electron chi connectivity index (χ4n) is 2.73. The maximum absolute atomic E-state index is 12.0. The van der Waals surface area contributed by atoms with Gasteiger partial charge >= 0.3 is 5.97 Å². The lowest BCUT2D eigenvalue weighted by Crippen LogP contribution is -2.05. The number of rotatable bonds is 5. The van der Waals surface area contributed by atoms with Crippen LogP contribution in [-0.4, -0.2) is 31.9 Å². The summed E-state index contributed by atoms with van der Waals surface area (Å²) in [4.78, 5) is 12.0. The van der Waals surface area contributed by atoms with Crippen LogP contribution < -0.4 is 9.47 Å². The topological polar surface area (TPSA) is 65.0 Å². The van der Waals surface area contributed by atoms with E-state index in [9.17, 15) is 9.90 Å². The van der Waals surface area contributed by atoms with Crippen molar-refractivity contribution in [2.24, 2.45) is 0 Å². The van der Waals surface area contributed by atoms with E-state index in [2.05, 4.69) is 0 Å². The average molecular weight is 318 g/mol. The molecular formula is C18H22O5. The SMILES string of the molecule is CCOC(=O)c1cc(O)c2cc(OC)c(OC)c(C(C)C)c2c1. The molecule has 2 aromatic carbocycles. The van der Waals surface area contributed by atoms with E-state index >= 15 is 0 Å². The fourth-order valence-corrected chi connectivity index (χ4v) is 2.73. The number of phenols is 1. The lowest BCUT2D eigenvalue weighted by molar-refractivity contribution is 0.0526. The third kappa shape index (κ3) is 3.04. The summed E-state index contributed by atoms with van der Waals surface area (Å²) < 4.78 is 15.9. The summed E-state index contributed by atoms with van der Waals surface area (Å²) in [5.74, 6) is 0.806. The summed E-state index contributed by atoms with van der Waals surface area (Å²) in [6.45, 7) is 6.06. The molecule has 0 fully saturated rings. The van der Waals surface area contributed by atoms with Gasteiger partial charge in [0.1, 0.15) is 5.75 Å². The van der Waals surface area contributed by atoms with Crippen molar-refractivity contribution in [2.45, 2.75) is 26.7 Å². The van der Waals surface area contributed by atoms with Gasteiger partial charge in [-0.2, -0.15) is 0 Å². The van der Waals surface area contributed by atoms with Crippen LogP contribution in [0.15, 0.2) is 18.2 Å². The Morgan fingerprint density at radius 3 is 2.35 bits per heavy atom. The average Bonchev–Trinajstić information content (AvgIpc) is 2.52. The minimum atomic E-state index is -0.464. The van der Waals surface area contributed by atoms with Gasteiger partial charge in [-0.15, -0.1) is 0 Å². The number of methoxy groups -OCH3 is 2. The normalized spacial score (nSPS) is 10.9. The van der Waals surface area contributed by atoms with E-state index in [1.54, 1.807) is 33.3 Å². The highest BCUT2D eigenvalue weighted by Crippen LogP contribution is 2.44. The molecule has 124 valence electrons. The number of aromatic hydroxyl groups is 1. The number of benzene rings is 2. The Hall–Kier alpha value is -2.43. The summed E-state index contributed by atoms with van der Waals surface area (Å²) >= 11 is 0. The van der Waals surface area contributed by atoms with Crippen LogP contribution in [0.1, 0.15) is 42.6 Å². The largest absolute Gasteiger partial charge is 0.507 e. The zero-order valence-corrected chi connectivity index (χ0v) is 14.1. The summed E-state index contributed by atoms with van der Waals surface area (Å²) in [6, 6.07) is 4.85. The third-order valence-corrected chi connectivity index (χ3v) is 3.70. The number of fused-ring (bicyclic) bond motifs is 1. The van der Waals surface area contributed by atoms with Gasteiger partial charge in [0, 0.05) is 10.9 Å². The van der Waals surface area contributed by atoms with Gasteiger partial charge in [-0.25, -0.2) is 4.79 Å². The van der Waals surface area contributed by atoms with Gasteiger partial charge in [0.25, 0.3) is 0 Å². The van der Waals surface area contributed by atoms with Gasteiger partial charge in [-0.3, -0.25) is 0 Å². The number of hydrogen-bond donors (Lipinski definition) is 1. The minimum absolute atomic E-state index is 0.00778. The molecule has 0 unspecified atom stereocenters. The standard InChI is InChI=1S/C18H22O5/c1-6-23-18(20)11-7-13-12(14(19)8-11)9-15(21-4)17(22-5)16(13)10(2)3/h7-10,19H,6H2,1-5H3. The zero-order chi connectivity index (χ0) is 17.1. The van der Waals surface area contributed by atoms with Crippen molar-refractivity contribution in [1.82, 2.24) is 0 Å². The van der Waals surface area contributed by atoms with Crippen LogP contribution >= 0.6 is 0 Å². The zero-order valence-electron chi connectivity index (χ0n) is 14.1. The summed E-state index contributed by atoms with van der Waals surface area (Å²) in [7, 11) is 3.13. The van der Waals surface area contributed by atoms with E-state index < -0.39 is 5.97 Å². The van der Waals surface area contributed by atoms with Gasteiger partial charge in [-0.1, -0.05) is 13.8 Å². The van der Waals surface area contributed by atoms with E-state index in [-0.39, 0.29) is 18.3 Å². The molecule has 2 aromatic rings. The molecule has 23 heavy (non-hydrogen) atoms. The van der Waals surface area contributed by atoms with E-state index in [0.717, 1.165) is 10.9 Å². The summed E-state index contributed by atoms with van der Waals surface area (Å²) in [5.41, 5.74) is 1.19. The van der Waals surface area contributed by atoms with Crippen LogP contribution in [0, 0.1) is 0 Å². The second kappa shape index (κ2) is 6.77. The van der Waals surface area contributed by atoms with Crippen molar-refractivity contribution in [1.29, 1.82) is 0 Å². The highest BCUT2D eigenvalue weighted by atomic mass is 16.5. The number of carbonyl (C=O) groups is 1. The smallest absolute Gasteiger partial charge is 0.338 e. The first-order valence-electron chi connectivity index (χ1n) is 7.53. The molecule has 5 heteroatoms. The van der Waals surface area contributed by atoms with Gasteiger partial charge in [-0.05, 0) is 36.4 Å². The lowest BCUT2D eigenvalue weighted by atomic mass is 9.92. The van der Waals surface area contributed by atoms with Crippen LogP contribution in [0.4, 0.5) is 0 Å². The van der Waals surface area contributed by atoms with Crippen molar-refractivity contribution in [3.05, 3.63) is 29.3 Å². The predicted molar refractivity (Wildman–Crippen MR) is 88.8 cm³/mol. The molecule has 2 rings (SSSR count). The van der Waals surface area contributed by atoms with Crippen molar-refractivity contribution < 1.29 is 24.1 Å². The Morgan fingerprint density at radius 1 is 1.13 bits per heavy atom. The van der Waals surface area contributed by atoms with E-state index in [0.29, 0.717) is 22.4 Å². The molecule has 1 N–H and O–H groups in total. The Balaban J connectivity index is 2.84. The monoisotopic (exact) mass is 318 g/mol. The number of hydrogen-bond acceptors (Lipinski definition) is 5. The number of carbonyl (C=O) groups excluding carboxylic acids is 1. The molecule has 0 saturated heterocycles. The first kappa shape index (κ1) is 16.9. The second-order valence-corrected chi connectivity index (χ2v) is 5.49. The van der Waals surface area contributed by atoms with Crippen molar-refractivity contribution in [3.8, 4) is 17.2 Å². The molecular weight excluding hydrogens is 296 g/mol. The molecule has 0 amide bonds. The Morgan fingerprint density at radius 2 is 1.83 bits per heavy atom. The molecule has 0 aliphatic heterocycles. The third-order valence-electron chi connectivity index (χ3n) is 3.70. The van der Waals surface area contributed by atoms with Gasteiger partial charge in [0.15, 0.2) is 11.5 Å². The lowest BCUT2D eigenvalue weighted by Gasteiger charge is -2.19. The van der Waals surface area contributed by atoms with Crippen molar-refractivity contribution in [2.75, 3.05) is 20.8 Å². The van der Waals surface area contributed by atoms with Crippen molar-refractivity contribution >= 4 is 16.7 Å². The molecule has 0 aliphatic rings. The molecule has 0 saturated carbocycles. The Bertz CT molecular complexity index is 734. The highest BCUT2D eigenvalue weighted by Gasteiger charge is 2.21. The van der Waals surface area contributed by atoms with E-state index in [4.69, 9.17) is 14.2 Å². The Kier molecular flexibility index (Phi) is 4.98. The quantitative estimate of drug-likeness (QED) is 0.848. The Labute approximate surface area is 135 Å². The van der Waals surface area contributed by atoms with Crippen molar-refractivity contribution in [3.63, 3.8) is 0 Å². The molecule has 0 aliphatic carbocycles. The summed E-state index contributed by atoms with van der Waals surface area (Å²) in [6.07, 6.45) is 0. The molecule has 0 heterocycles. The number of esters is 1. The first-order chi connectivity index (χ1) is 10.9.